The highest BCUT2D eigenvalue weighted by Gasteiger charge is 2.27. The average molecular weight is 400 g/mol. The summed E-state index contributed by atoms with van der Waals surface area (Å²) in [6.07, 6.45) is 4.87. The van der Waals surface area contributed by atoms with Crippen LogP contribution in [0.2, 0.25) is 0 Å². The minimum absolute atomic E-state index is 0.0986. The molecule has 0 saturated heterocycles. The Hall–Kier alpha value is -2.54. The molecule has 1 aliphatic rings. The number of nitrogens with zero attached hydrogens (tertiary/aromatic N) is 2. The minimum Gasteiger partial charge on any atom is -0.384 e. The van der Waals surface area contributed by atoms with Gasteiger partial charge in [0, 0.05) is 16.7 Å². The molecule has 28 heavy (non-hydrogen) atoms. The van der Waals surface area contributed by atoms with Crippen molar-refractivity contribution < 1.29 is 13.2 Å². The van der Waals surface area contributed by atoms with Crippen LogP contribution in [0, 0.1) is 0 Å². The molecule has 148 valence electrons. The number of carbonyl (C=O) groups is 1. The van der Waals surface area contributed by atoms with E-state index in [4.69, 9.17) is 10.7 Å². The quantitative estimate of drug-likeness (QED) is 0.771. The maximum absolute atomic E-state index is 13.0. The third kappa shape index (κ3) is 4.30. The lowest BCUT2D eigenvalue weighted by atomic mass is 9.90. The number of anilines is 1. The molecule has 0 aromatic carbocycles. The Balaban J connectivity index is 1.99. The summed E-state index contributed by atoms with van der Waals surface area (Å²) in [7, 11) is -3.90. The number of ketones is 1. The summed E-state index contributed by atoms with van der Waals surface area (Å²) in [5.41, 5.74) is 8.23. The van der Waals surface area contributed by atoms with Gasteiger partial charge in [0.1, 0.15) is 11.6 Å². The van der Waals surface area contributed by atoms with Crippen molar-refractivity contribution in [2.45, 2.75) is 50.5 Å². The van der Waals surface area contributed by atoms with Gasteiger partial charge in [-0.1, -0.05) is 32.9 Å². The number of nitrogen functional groups attached to an aromatic ring is 1. The molecule has 0 aliphatic heterocycles. The van der Waals surface area contributed by atoms with Gasteiger partial charge >= 0.3 is 0 Å². The van der Waals surface area contributed by atoms with Crippen molar-refractivity contribution in [1.29, 1.82) is 0 Å². The summed E-state index contributed by atoms with van der Waals surface area (Å²) < 4.78 is 25.3. The zero-order valence-corrected chi connectivity index (χ0v) is 17.2. The molecule has 1 aliphatic carbocycles. The van der Waals surface area contributed by atoms with Gasteiger partial charge in [-0.3, -0.25) is 9.78 Å². The molecule has 2 heterocycles. The van der Waals surface area contributed by atoms with Crippen molar-refractivity contribution in [3.8, 4) is 0 Å². The lowest BCUT2D eigenvalue weighted by Gasteiger charge is -2.20. The van der Waals surface area contributed by atoms with Gasteiger partial charge in [-0.2, -0.15) is 0 Å². The second-order valence-electron chi connectivity index (χ2n) is 8.05. The monoisotopic (exact) mass is 399 g/mol. The van der Waals surface area contributed by atoms with Crippen LogP contribution in [-0.4, -0.2) is 29.9 Å². The molecule has 0 atom stereocenters. The van der Waals surface area contributed by atoms with Crippen molar-refractivity contribution in [1.82, 2.24) is 9.97 Å². The molecule has 2 N–H and O–H groups in total. The number of pyridine rings is 2. The van der Waals surface area contributed by atoms with E-state index in [1.165, 1.54) is 18.2 Å². The maximum Gasteiger partial charge on any atom is 0.203 e. The molecule has 3 rings (SSSR count). The van der Waals surface area contributed by atoms with E-state index in [9.17, 15) is 13.2 Å². The Morgan fingerprint density at radius 2 is 1.89 bits per heavy atom. The number of hydrogen-bond acceptors (Lipinski definition) is 6. The minimum atomic E-state index is -3.90. The number of Topliss-reactive ketones (excluding diaryl/α,β-unsaturated/α-hetero) is 1. The van der Waals surface area contributed by atoms with E-state index in [1.807, 2.05) is 0 Å². The Bertz CT molecular complexity index is 1050. The first kappa shape index (κ1) is 20.2. The van der Waals surface area contributed by atoms with Crippen molar-refractivity contribution in [2.24, 2.45) is 0 Å². The van der Waals surface area contributed by atoms with E-state index in [2.05, 4.69) is 31.8 Å². The Morgan fingerprint density at radius 1 is 1.14 bits per heavy atom. The van der Waals surface area contributed by atoms with Gasteiger partial charge in [0.2, 0.25) is 9.84 Å². The van der Waals surface area contributed by atoms with E-state index >= 15 is 0 Å². The molecule has 0 spiro atoms. The summed E-state index contributed by atoms with van der Waals surface area (Å²) in [6, 6.07) is 7.86. The molecular weight excluding hydrogens is 374 g/mol. The number of rotatable bonds is 5. The van der Waals surface area contributed by atoms with Crippen LogP contribution in [0.25, 0.3) is 5.57 Å². The molecule has 6 nitrogen and oxygen atoms in total. The first-order valence-corrected chi connectivity index (χ1v) is 10.9. The largest absolute Gasteiger partial charge is 0.384 e. The standard InChI is InChI=1S/C21H25N3O3S/c1-21(2,3)17-12-11-15(20(23-17)14-7-4-5-8-14)16(25)13-28(26,27)19-10-6-9-18(22)24-19/h6-7,9-12H,4-5,8,13H2,1-3H3,(H2,22,24). The van der Waals surface area contributed by atoms with Crippen LogP contribution in [0.1, 0.15) is 61.8 Å². The number of nitrogens with two attached hydrogens (primary N) is 1. The maximum atomic E-state index is 13.0. The lowest BCUT2D eigenvalue weighted by Crippen LogP contribution is -2.21. The zero-order chi connectivity index (χ0) is 20.5. The molecular formula is C21H25N3O3S. The van der Waals surface area contributed by atoms with Gasteiger partial charge in [0.25, 0.3) is 0 Å². The van der Waals surface area contributed by atoms with Crippen LogP contribution in [0.4, 0.5) is 5.82 Å². The Labute approximate surface area is 165 Å². The van der Waals surface area contributed by atoms with Gasteiger partial charge in [0.05, 0.1) is 5.69 Å². The second kappa shape index (κ2) is 7.47. The summed E-state index contributed by atoms with van der Waals surface area (Å²) >= 11 is 0. The lowest BCUT2D eigenvalue weighted by molar-refractivity contribution is 0.102. The smallest absolute Gasteiger partial charge is 0.203 e. The first-order chi connectivity index (χ1) is 13.1. The van der Waals surface area contributed by atoms with Gasteiger partial charge in [0.15, 0.2) is 10.8 Å². The van der Waals surface area contributed by atoms with E-state index in [1.54, 1.807) is 12.1 Å². The normalized spacial score (nSPS) is 14.8. The van der Waals surface area contributed by atoms with Crippen molar-refractivity contribution in [3.05, 3.63) is 53.4 Å². The van der Waals surface area contributed by atoms with Crippen molar-refractivity contribution in [2.75, 3.05) is 11.5 Å². The van der Waals surface area contributed by atoms with Crippen LogP contribution in [0.15, 0.2) is 41.4 Å². The van der Waals surface area contributed by atoms with Gasteiger partial charge in [-0.25, -0.2) is 13.4 Å². The molecule has 0 saturated carbocycles. The molecule has 2 aromatic heterocycles. The fourth-order valence-corrected chi connectivity index (χ4v) is 4.34. The van der Waals surface area contributed by atoms with E-state index in [-0.39, 0.29) is 16.3 Å². The predicted octanol–water partition coefficient (Wildman–Crippen LogP) is 3.58. The van der Waals surface area contributed by atoms with Gasteiger partial charge in [-0.05, 0) is 49.1 Å². The summed E-state index contributed by atoms with van der Waals surface area (Å²) in [5, 5.41) is -0.193. The van der Waals surface area contributed by atoms with Crippen LogP contribution in [-0.2, 0) is 15.3 Å². The number of aromatic nitrogens is 2. The number of hydrogen-bond donors (Lipinski definition) is 1. The van der Waals surface area contributed by atoms with Crippen LogP contribution in [0.5, 0.6) is 0 Å². The number of sulfone groups is 1. The molecule has 0 amide bonds. The molecule has 0 unspecified atom stereocenters. The fraction of sp³-hybridized carbons (Fsp3) is 0.381. The fourth-order valence-electron chi connectivity index (χ4n) is 3.16. The number of allylic oxidation sites excluding steroid dienone is 2. The highest BCUT2D eigenvalue weighted by molar-refractivity contribution is 7.92. The van der Waals surface area contributed by atoms with E-state index in [0.29, 0.717) is 11.3 Å². The highest BCUT2D eigenvalue weighted by Crippen LogP contribution is 2.31. The van der Waals surface area contributed by atoms with Crippen LogP contribution < -0.4 is 5.73 Å². The number of carbonyl (C=O) groups excluding carboxylic acids is 1. The molecule has 0 bridgehead atoms. The first-order valence-electron chi connectivity index (χ1n) is 9.27. The van der Waals surface area contributed by atoms with Gasteiger partial charge in [-0.15, -0.1) is 0 Å². The van der Waals surface area contributed by atoms with E-state index < -0.39 is 21.4 Å². The zero-order valence-electron chi connectivity index (χ0n) is 16.4. The molecule has 2 aromatic rings. The van der Waals surface area contributed by atoms with Crippen molar-refractivity contribution >= 4 is 27.0 Å². The van der Waals surface area contributed by atoms with E-state index in [0.717, 1.165) is 30.5 Å². The second-order valence-corrected chi connectivity index (χ2v) is 9.98. The van der Waals surface area contributed by atoms with Crippen LogP contribution >= 0.6 is 0 Å². The third-order valence-electron chi connectivity index (χ3n) is 4.69. The Morgan fingerprint density at radius 3 is 2.50 bits per heavy atom. The topological polar surface area (TPSA) is 103 Å². The SMILES string of the molecule is CC(C)(C)c1ccc(C(=O)CS(=O)(=O)c2cccc(N)n2)c(C2=CCCC2)n1. The third-order valence-corrected chi connectivity index (χ3v) is 6.20. The summed E-state index contributed by atoms with van der Waals surface area (Å²) in [4.78, 5) is 21.5. The molecule has 0 fully saturated rings. The summed E-state index contributed by atoms with van der Waals surface area (Å²) in [5.74, 6) is -1.05. The molecule has 0 radical (unpaired) electrons. The average Bonchev–Trinajstić information content (AvgIpc) is 3.14. The Kier molecular flexibility index (Phi) is 5.39. The van der Waals surface area contributed by atoms with Gasteiger partial charge < -0.3 is 5.73 Å². The highest BCUT2D eigenvalue weighted by atomic mass is 32.2. The van der Waals surface area contributed by atoms with Crippen molar-refractivity contribution in [3.63, 3.8) is 0 Å². The van der Waals surface area contributed by atoms with Crippen LogP contribution in [0.3, 0.4) is 0 Å². The predicted molar refractivity (Wildman–Crippen MR) is 110 cm³/mol. The summed E-state index contributed by atoms with van der Waals surface area (Å²) in [6.45, 7) is 6.17. The molecule has 7 heteroatoms.